The molecule has 116 valence electrons. The number of carbonyl (C=O) groups is 1. The van der Waals surface area contributed by atoms with Crippen LogP contribution in [0.1, 0.15) is 12.5 Å². The molecule has 0 radical (unpaired) electrons. The van der Waals surface area contributed by atoms with Crippen LogP contribution in [0.4, 0.5) is 5.69 Å². The minimum absolute atomic E-state index is 0.353. The Balaban J connectivity index is 2.03. The van der Waals surface area contributed by atoms with Crippen LogP contribution in [0.2, 0.25) is 0 Å². The second kappa shape index (κ2) is 7.77. The van der Waals surface area contributed by atoms with Crippen LogP contribution in [0.15, 0.2) is 22.7 Å². The highest BCUT2D eigenvalue weighted by molar-refractivity contribution is 9.10. The number of nitrogens with zero attached hydrogens (tertiary/aromatic N) is 1. The third-order valence-electron chi connectivity index (χ3n) is 3.41. The van der Waals surface area contributed by atoms with E-state index in [9.17, 15) is 4.79 Å². The van der Waals surface area contributed by atoms with Gasteiger partial charge in [0.15, 0.2) is 0 Å². The second-order valence-electron chi connectivity index (χ2n) is 4.95. The second-order valence-corrected chi connectivity index (χ2v) is 5.80. The highest BCUT2D eigenvalue weighted by Gasteiger charge is 2.17. The van der Waals surface area contributed by atoms with Crippen LogP contribution in [-0.2, 0) is 20.7 Å². The lowest BCUT2D eigenvalue weighted by molar-refractivity contribution is -0.144. The van der Waals surface area contributed by atoms with Crippen molar-refractivity contribution in [1.82, 2.24) is 0 Å². The molecule has 0 bridgehead atoms. The molecule has 6 heteroatoms. The summed E-state index contributed by atoms with van der Waals surface area (Å²) in [6.45, 7) is 5.41. The van der Waals surface area contributed by atoms with E-state index in [1.807, 2.05) is 12.1 Å². The number of carbonyl (C=O) groups excluding carboxylic acids is 1. The lowest BCUT2D eigenvalue weighted by Gasteiger charge is -2.30. The fourth-order valence-electron chi connectivity index (χ4n) is 2.32. The van der Waals surface area contributed by atoms with Crippen LogP contribution in [0, 0.1) is 0 Å². The predicted octanol–water partition coefficient (Wildman–Crippen LogP) is 1.72. The molecule has 21 heavy (non-hydrogen) atoms. The fraction of sp³-hybridized carbons (Fsp3) is 0.533. The Kier molecular flexibility index (Phi) is 6.02. The summed E-state index contributed by atoms with van der Waals surface area (Å²) < 4.78 is 11.3. The van der Waals surface area contributed by atoms with Crippen molar-refractivity contribution in [2.75, 3.05) is 37.8 Å². The number of nitrogens with two attached hydrogens (primary N) is 1. The van der Waals surface area contributed by atoms with E-state index >= 15 is 0 Å². The van der Waals surface area contributed by atoms with Gasteiger partial charge in [-0.2, -0.15) is 0 Å². The average Bonchev–Trinajstić information content (AvgIpc) is 2.48. The number of rotatable bonds is 5. The molecule has 2 rings (SSSR count). The molecule has 1 unspecified atom stereocenters. The van der Waals surface area contributed by atoms with Crippen molar-refractivity contribution < 1.29 is 14.3 Å². The molecule has 5 nitrogen and oxygen atoms in total. The molecule has 0 amide bonds. The minimum atomic E-state index is -0.619. The van der Waals surface area contributed by atoms with Crippen LogP contribution in [0.3, 0.4) is 0 Å². The molecule has 2 N–H and O–H groups in total. The van der Waals surface area contributed by atoms with Gasteiger partial charge in [0.2, 0.25) is 0 Å². The Morgan fingerprint density at radius 1 is 1.48 bits per heavy atom. The van der Waals surface area contributed by atoms with Crippen LogP contribution in [-0.4, -0.2) is 44.9 Å². The number of esters is 1. The molecule has 0 spiro atoms. The van der Waals surface area contributed by atoms with Crippen molar-refractivity contribution in [2.24, 2.45) is 5.73 Å². The first-order chi connectivity index (χ1) is 10.1. The van der Waals surface area contributed by atoms with Crippen molar-refractivity contribution in [3.05, 3.63) is 28.2 Å². The molecule has 1 aliphatic rings. The van der Waals surface area contributed by atoms with E-state index in [2.05, 4.69) is 26.9 Å². The van der Waals surface area contributed by atoms with E-state index in [0.29, 0.717) is 13.0 Å². The first-order valence-corrected chi connectivity index (χ1v) is 7.94. The van der Waals surface area contributed by atoms with Gasteiger partial charge in [-0.1, -0.05) is 6.07 Å². The number of halogens is 1. The maximum atomic E-state index is 11.6. The van der Waals surface area contributed by atoms with Crippen molar-refractivity contribution >= 4 is 27.6 Å². The Morgan fingerprint density at radius 3 is 2.81 bits per heavy atom. The summed E-state index contributed by atoms with van der Waals surface area (Å²) in [6.07, 6.45) is 0.473. The summed E-state index contributed by atoms with van der Waals surface area (Å²) in [6, 6.07) is 5.47. The van der Waals surface area contributed by atoms with E-state index in [0.717, 1.165) is 42.0 Å². The monoisotopic (exact) mass is 356 g/mol. The number of morpholine rings is 1. The van der Waals surface area contributed by atoms with Gasteiger partial charge in [-0.25, -0.2) is 0 Å². The normalized spacial score (nSPS) is 16.6. The zero-order chi connectivity index (χ0) is 15.2. The molecule has 1 heterocycles. The van der Waals surface area contributed by atoms with Gasteiger partial charge in [-0.3, -0.25) is 4.79 Å². The highest BCUT2D eigenvalue weighted by atomic mass is 79.9. The molecule has 1 aromatic rings. The molecule has 1 saturated heterocycles. The predicted molar refractivity (Wildman–Crippen MR) is 85.5 cm³/mol. The lowest BCUT2D eigenvalue weighted by Crippen LogP contribution is -2.36. The molecule has 0 aromatic heterocycles. The maximum absolute atomic E-state index is 11.6. The summed E-state index contributed by atoms with van der Waals surface area (Å²) in [5, 5.41) is 0. The summed E-state index contributed by atoms with van der Waals surface area (Å²) in [7, 11) is 0. The van der Waals surface area contributed by atoms with E-state index in [-0.39, 0.29) is 5.97 Å². The molecule has 1 fully saturated rings. The Bertz CT molecular complexity index is 490. The molecule has 0 aliphatic carbocycles. The summed E-state index contributed by atoms with van der Waals surface area (Å²) >= 11 is 3.60. The van der Waals surface area contributed by atoms with Crippen LogP contribution in [0.25, 0.3) is 0 Å². The quantitative estimate of drug-likeness (QED) is 0.813. The fourth-order valence-corrected chi connectivity index (χ4v) is 3.00. The lowest BCUT2D eigenvalue weighted by atomic mass is 10.1. The van der Waals surface area contributed by atoms with E-state index in [4.69, 9.17) is 15.2 Å². The van der Waals surface area contributed by atoms with Gasteiger partial charge in [0.25, 0.3) is 0 Å². The number of anilines is 1. The average molecular weight is 357 g/mol. The first-order valence-electron chi connectivity index (χ1n) is 7.15. The number of ether oxygens (including phenoxy) is 2. The molecule has 1 aliphatic heterocycles. The molecular weight excluding hydrogens is 336 g/mol. The third kappa shape index (κ3) is 4.43. The standard InChI is InChI=1S/C15H21BrN2O3/c1-2-21-15(19)13(17)10-11-3-4-14(12(16)9-11)18-5-7-20-8-6-18/h3-4,9,13H,2,5-8,10,17H2,1H3. The topological polar surface area (TPSA) is 64.8 Å². The van der Waals surface area contributed by atoms with Gasteiger partial charge in [0.05, 0.1) is 25.5 Å². The van der Waals surface area contributed by atoms with Crippen molar-refractivity contribution in [2.45, 2.75) is 19.4 Å². The largest absolute Gasteiger partial charge is 0.465 e. The zero-order valence-corrected chi connectivity index (χ0v) is 13.8. The molecule has 1 atom stereocenters. The van der Waals surface area contributed by atoms with Gasteiger partial charge < -0.3 is 20.1 Å². The van der Waals surface area contributed by atoms with Gasteiger partial charge in [-0.15, -0.1) is 0 Å². The number of hydrogen-bond acceptors (Lipinski definition) is 5. The van der Waals surface area contributed by atoms with E-state index in [1.165, 1.54) is 0 Å². The third-order valence-corrected chi connectivity index (χ3v) is 4.04. The molecule has 1 aromatic carbocycles. The van der Waals surface area contributed by atoms with Crippen LogP contribution >= 0.6 is 15.9 Å². The Hall–Kier alpha value is -1.11. The molecule has 0 saturated carbocycles. The maximum Gasteiger partial charge on any atom is 0.323 e. The van der Waals surface area contributed by atoms with Crippen molar-refractivity contribution in [3.63, 3.8) is 0 Å². The van der Waals surface area contributed by atoms with Crippen LogP contribution < -0.4 is 10.6 Å². The summed E-state index contributed by atoms with van der Waals surface area (Å²) in [5.74, 6) is -0.356. The smallest absolute Gasteiger partial charge is 0.323 e. The SMILES string of the molecule is CCOC(=O)C(N)Cc1ccc(N2CCOCC2)c(Br)c1. The number of benzene rings is 1. The first kappa shape index (κ1) is 16.3. The van der Waals surface area contributed by atoms with Gasteiger partial charge in [-0.05, 0) is 47.0 Å². The van der Waals surface area contributed by atoms with Crippen molar-refractivity contribution in [3.8, 4) is 0 Å². The highest BCUT2D eigenvalue weighted by Crippen LogP contribution is 2.28. The van der Waals surface area contributed by atoms with Gasteiger partial charge in [0, 0.05) is 17.6 Å². The summed E-state index contributed by atoms with van der Waals surface area (Å²) in [4.78, 5) is 13.8. The minimum Gasteiger partial charge on any atom is -0.465 e. The summed E-state index contributed by atoms with van der Waals surface area (Å²) in [5.41, 5.74) is 8.01. The van der Waals surface area contributed by atoms with E-state index in [1.54, 1.807) is 6.92 Å². The zero-order valence-electron chi connectivity index (χ0n) is 12.2. The Labute approximate surface area is 133 Å². The van der Waals surface area contributed by atoms with Gasteiger partial charge in [0.1, 0.15) is 6.04 Å². The Morgan fingerprint density at radius 2 is 2.19 bits per heavy atom. The van der Waals surface area contributed by atoms with Gasteiger partial charge >= 0.3 is 5.97 Å². The van der Waals surface area contributed by atoms with E-state index < -0.39 is 6.04 Å². The van der Waals surface area contributed by atoms with Crippen molar-refractivity contribution in [1.29, 1.82) is 0 Å². The van der Waals surface area contributed by atoms with Crippen LogP contribution in [0.5, 0.6) is 0 Å². The molecular formula is C15H21BrN2O3. The number of hydrogen-bond donors (Lipinski definition) is 1.